The number of nitrogens with zero attached hydrogens (tertiary/aromatic N) is 2. The number of alkyl halides is 3. The zero-order valence-electron chi connectivity index (χ0n) is 17.6. The van der Waals surface area contributed by atoms with E-state index in [0.717, 1.165) is 55.5 Å². The van der Waals surface area contributed by atoms with Crippen molar-refractivity contribution in [1.82, 2.24) is 25.5 Å². The van der Waals surface area contributed by atoms with E-state index in [2.05, 4.69) is 32.4 Å². The standard InChI is InChI=1S/C22H26F3N5O/c1-3-5-16-12(2)29-30-19(16)21(31)26-15-7-4-6-13(10-15)20-27-17-9-8-14(22(23,24)25)11-18(17)28-20/h8-9,11,13,15H,3-7,10H2,1-2H3,(H,26,31)(H,27,28)(H,29,30). The number of hydrogen-bond acceptors (Lipinski definition) is 3. The van der Waals surface area contributed by atoms with Crippen LogP contribution in [0.5, 0.6) is 0 Å². The van der Waals surface area contributed by atoms with Gasteiger partial charge in [-0.3, -0.25) is 9.89 Å². The fourth-order valence-electron chi connectivity index (χ4n) is 4.42. The maximum Gasteiger partial charge on any atom is 0.416 e. The third-order valence-electron chi connectivity index (χ3n) is 6.01. The van der Waals surface area contributed by atoms with Crippen molar-refractivity contribution in [2.45, 2.75) is 70.5 Å². The highest BCUT2D eigenvalue weighted by molar-refractivity contribution is 5.94. The molecule has 2 heterocycles. The number of aromatic amines is 2. The molecule has 3 N–H and O–H groups in total. The molecule has 1 aliphatic carbocycles. The molecule has 166 valence electrons. The maximum absolute atomic E-state index is 13.0. The minimum Gasteiger partial charge on any atom is -0.348 e. The summed E-state index contributed by atoms with van der Waals surface area (Å²) in [4.78, 5) is 20.4. The normalized spacial score (nSPS) is 19.6. The Balaban J connectivity index is 1.48. The fourth-order valence-corrected chi connectivity index (χ4v) is 4.42. The van der Waals surface area contributed by atoms with Gasteiger partial charge in [0.05, 0.1) is 16.6 Å². The molecule has 0 radical (unpaired) electrons. The predicted molar refractivity (Wildman–Crippen MR) is 111 cm³/mol. The van der Waals surface area contributed by atoms with Crippen molar-refractivity contribution in [3.05, 3.63) is 46.5 Å². The first-order valence-electron chi connectivity index (χ1n) is 10.7. The number of carbonyl (C=O) groups is 1. The first kappa shape index (κ1) is 21.4. The van der Waals surface area contributed by atoms with Crippen LogP contribution in [0, 0.1) is 6.92 Å². The molecule has 3 aromatic rings. The molecule has 4 rings (SSSR count). The molecule has 0 bridgehead atoms. The fraction of sp³-hybridized carbons (Fsp3) is 0.500. The Hall–Kier alpha value is -2.84. The van der Waals surface area contributed by atoms with Crippen molar-refractivity contribution in [3.63, 3.8) is 0 Å². The van der Waals surface area contributed by atoms with E-state index in [0.29, 0.717) is 29.0 Å². The van der Waals surface area contributed by atoms with Crippen molar-refractivity contribution < 1.29 is 18.0 Å². The number of imidazole rings is 1. The lowest BCUT2D eigenvalue weighted by molar-refractivity contribution is -0.137. The van der Waals surface area contributed by atoms with Gasteiger partial charge < -0.3 is 10.3 Å². The number of amides is 1. The van der Waals surface area contributed by atoms with Crippen LogP contribution in [0.15, 0.2) is 18.2 Å². The van der Waals surface area contributed by atoms with Gasteiger partial charge in [-0.05, 0) is 50.8 Å². The van der Waals surface area contributed by atoms with Crippen LogP contribution >= 0.6 is 0 Å². The lowest BCUT2D eigenvalue weighted by atomic mass is 9.85. The minimum absolute atomic E-state index is 0.0309. The summed E-state index contributed by atoms with van der Waals surface area (Å²) in [5.74, 6) is 0.547. The first-order valence-corrected chi connectivity index (χ1v) is 10.7. The van der Waals surface area contributed by atoms with Crippen LogP contribution < -0.4 is 5.32 Å². The number of nitrogens with one attached hydrogen (secondary N) is 3. The summed E-state index contributed by atoms with van der Waals surface area (Å²) < 4.78 is 39.0. The summed E-state index contributed by atoms with van der Waals surface area (Å²) >= 11 is 0. The molecular weight excluding hydrogens is 407 g/mol. The highest BCUT2D eigenvalue weighted by Crippen LogP contribution is 2.35. The second-order valence-corrected chi connectivity index (χ2v) is 8.31. The molecule has 2 aromatic heterocycles. The second-order valence-electron chi connectivity index (χ2n) is 8.31. The Morgan fingerprint density at radius 1 is 1.29 bits per heavy atom. The van der Waals surface area contributed by atoms with Crippen molar-refractivity contribution in [1.29, 1.82) is 0 Å². The Bertz CT molecular complexity index is 1080. The number of H-pyrrole nitrogens is 2. The summed E-state index contributed by atoms with van der Waals surface area (Å²) in [7, 11) is 0. The Kier molecular flexibility index (Phi) is 5.77. The van der Waals surface area contributed by atoms with Crippen LogP contribution in [0.4, 0.5) is 13.2 Å². The molecule has 0 spiro atoms. The Labute approximate surface area is 178 Å². The Morgan fingerprint density at radius 3 is 2.84 bits per heavy atom. The van der Waals surface area contributed by atoms with Crippen LogP contribution in [-0.2, 0) is 12.6 Å². The smallest absolute Gasteiger partial charge is 0.348 e. The third-order valence-corrected chi connectivity index (χ3v) is 6.01. The lowest BCUT2D eigenvalue weighted by Gasteiger charge is -2.28. The highest BCUT2D eigenvalue weighted by atomic mass is 19.4. The topological polar surface area (TPSA) is 86.5 Å². The van der Waals surface area contributed by atoms with Crippen molar-refractivity contribution in [2.75, 3.05) is 0 Å². The highest BCUT2D eigenvalue weighted by Gasteiger charge is 2.32. The number of fused-ring (bicyclic) bond motifs is 1. The molecule has 9 heteroatoms. The number of aryl methyl sites for hydroxylation is 1. The van der Waals surface area contributed by atoms with Crippen molar-refractivity contribution in [2.24, 2.45) is 0 Å². The molecule has 2 atom stereocenters. The van der Waals surface area contributed by atoms with Crippen LogP contribution in [-0.4, -0.2) is 32.1 Å². The molecule has 1 fully saturated rings. The monoisotopic (exact) mass is 433 g/mol. The number of rotatable bonds is 5. The van der Waals surface area contributed by atoms with E-state index in [1.807, 2.05) is 6.92 Å². The number of carbonyl (C=O) groups excluding carboxylic acids is 1. The SMILES string of the molecule is CCCc1c(C(=O)NC2CCCC(c3nc4ccc(C(F)(F)F)cc4[nH]3)C2)n[nH]c1C. The van der Waals surface area contributed by atoms with E-state index in [1.54, 1.807) is 0 Å². The molecule has 31 heavy (non-hydrogen) atoms. The molecule has 6 nitrogen and oxygen atoms in total. The quantitative estimate of drug-likeness (QED) is 0.528. The summed E-state index contributed by atoms with van der Waals surface area (Å²) in [6.07, 6.45) is 0.645. The summed E-state index contributed by atoms with van der Waals surface area (Å²) in [6.45, 7) is 3.97. The van der Waals surface area contributed by atoms with Gasteiger partial charge in [-0.15, -0.1) is 0 Å². The van der Waals surface area contributed by atoms with Gasteiger partial charge in [0, 0.05) is 23.2 Å². The van der Waals surface area contributed by atoms with Gasteiger partial charge in [0.2, 0.25) is 0 Å². The molecule has 0 aliphatic heterocycles. The van der Waals surface area contributed by atoms with Crippen molar-refractivity contribution >= 4 is 16.9 Å². The maximum atomic E-state index is 13.0. The van der Waals surface area contributed by atoms with Gasteiger partial charge >= 0.3 is 6.18 Å². The van der Waals surface area contributed by atoms with E-state index in [4.69, 9.17) is 0 Å². The largest absolute Gasteiger partial charge is 0.416 e. The zero-order valence-corrected chi connectivity index (χ0v) is 17.6. The zero-order chi connectivity index (χ0) is 22.2. The van der Waals surface area contributed by atoms with Crippen LogP contribution in [0.25, 0.3) is 11.0 Å². The van der Waals surface area contributed by atoms with E-state index in [9.17, 15) is 18.0 Å². The molecule has 0 saturated heterocycles. The summed E-state index contributed by atoms with van der Waals surface area (Å²) in [6, 6.07) is 3.52. The summed E-state index contributed by atoms with van der Waals surface area (Å²) in [5.41, 5.74) is 2.52. The van der Waals surface area contributed by atoms with E-state index in [-0.39, 0.29) is 17.9 Å². The van der Waals surface area contributed by atoms with Gasteiger partial charge in [-0.2, -0.15) is 18.3 Å². The first-order chi connectivity index (χ1) is 14.8. The summed E-state index contributed by atoms with van der Waals surface area (Å²) in [5, 5.41) is 10.2. The number of hydrogen-bond donors (Lipinski definition) is 3. The van der Waals surface area contributed by atoms with E-state index >= 15 is 0 Å². The van der Waals surface area contributed by atoms with Crippen molar-refractivity contribution in [3.8, 4) is 0 Å². The molecule has 1 amide bonds. The van der Waals surface area contributed by atoms with Gasteiger partial charge in [0.1, 0.15) is 5.82 Å². The molecule has 1 aromatic carbocycles. The molecular formula is C22H26F3N5O. The molecule has 2 unspecified atom stereocenters. The number of aromatic nitrogens is 4. The van der Waals surface area contributed by atoms with E-state index in [1.165, 1.54) is 6.07 Å². The van der Waals surface area contributed by atoms with Crippen LogP contribution in [0.1, 0.15) is 78.1 Å². The predicted octanol–water partition coefficient (Wildman–Crippen LogP) is 5.02. The van der Waals surface area contributed by atoms with Crippen LogP contribution in [0.2, 0.25) is 0 Å². The second kappa shape index (κ2) is 8.36. The average molecular weight is 433 g/mol. The number of benzene rings is 1. The third kappa shape index (κ3) is 4.45. The van der Waals surface area contributed by atoms with Gasteiger partial charge in [-0.1, -0.05) is 19.8 Å². The lowest BCUT2D eigenvalue weighted by Crippen LogP contribution is -2.38. The molecule has 1 aliphatic rings. The van der Waals surface area contributed by atoms with E-state index < -0.39 is 11.7 Å². The number of halogens is 3. The Morgan fingerprint density at radius 2 is 2.10 bits per heavy atom. The van der Waals surface area contributed by atoms with Gasteiger partial charge in [0.15, 0.2) is 5.69 Å². The minimum atomic E-state index is -4.39. The van der Waals surface area contributed by atoms with Gasteiger partial charge in [-0.25, -0.2) is 4.98 Å². The molecule has 1 saturated carbocycles. The van der Waals surface area contributed by atoms with Crippen LogP contribution in [0.3, 0.4) is 0 Å². The average Bonchev–Trinajstić information content (AvgIpc) is 3.31. The van der Waals surface area contributed by atoms with Gasteiger partial charge in [0.25, 0.3) is 5.91 Å².